The zero-order chi connectivity index (χ0) is 24.2. The Morgan fingerprint density at radius 1 is 0.882 bits per heavy atom. The van der Waals surface area contributed by atoms with Crippen LogP contribution in [0.2, 0.25) is 0 Å². The fourth-order valence-electron chi connectivity index (χ4n) is 4.71. The quantitative estimate of drug-likeness (QED) is 0.257. The van der Waals surface area contributed by atoms with Crippen LogP contribution in [0.15, 0.2) is 60.8 Å². The second kappa shape index (κ2) is 14.1. The molecule has 3 aromatic rings. The Labute approximate surface area is 206 Å². The first-order valence-electron chi connectivity index (χ1n) is 13.2. The molecule has 0 aliphatic heterocycles. The van der Waals surface area contributed by atoms with E-state index in [1.54, 1.807) is 0 Å². The van der Waals surface area contributed by atoms with Crippen LogP contribution < -0.4 is 0 Å². The van der Waals surface area contributed by atoms with Crippen LogP contribution in [-0.2, 0) is 19.7 Å². The summed E-state index contributed by atoms with van der Waals surface area (Å²) in [5.74, 6) is 1.09. The highest BCUT2D eigenvalue weighted by Gasteiger charge is 2.25. The highest BCUT2D eigenvalue weighted by molar-refractivity contribution is 5.56. The molecule has 0 spiro atoms. The molecule has 34 heavy (non-hydrogen) atoms. The first-order valence-corrected chi connectivity index (χ1v) is 13.2. The van der Waals surface area contributed by atoms with Crippen molar-refractivity contribution in [1.29, 1.82) is 0 Å². The first-order chi connectivity index (χ1) is 16.7. The van der Waals surface area contributed by atoms with Crippen molar-refractivity contribution in [2.24, 2.45) is 0 Å². The third-order valence-corrected chi connectivity index (χ3v) is 6.63. The number of benzene rings is 2. The third kappa shape index (κ3) is 7.04. The number of aromatic nitrogens is 2. The van der Waals surface area contributed by atoms with E-state index in [0.29, 0.717) is 6.04 Å². The molecule has 2 aromatic carbocycles. The molecule has 0 saturated heterocycles. The summed E-state index contributed by atoms with van der Waals surface area (Å²) in [6.07, 6.45) is 10.3. The molecular weight excluding hydrogens is 418 g/mol. The summed E-state index contributed by atoms with van der Waals surface area (Å²) in [6, 6.07) is 19.4. The van der Waals surface area contributed by atoms with Crippen molar-refractivity contribution >= 4 is 0 Å². The van der Waals surface area contributed by atoms with E-state index in [1.165, 1.54) is 48.9 Å². The van der Waals surface area contributed by atoms with Gasteiger partial charge >= 0.3 is 0 Å². The summed E-state index contributed by atoms with van der Waals surface area (Å²) < 4.78 is 2.49. The molecule has 3 rings (SSSR count). The van der Waals surface area contributed by atoms with Crippen molar-refractivity contribution in [3.8, 4) is 11.4 Å². The summed E-state index contributed by atoms with van der Waals surface area (Å²) >= 11 is 0. The molecule has 4 heteroatoms. The lowest BCUT2D eigenvalue weighted by molar-refractivity contribution is 0.166. The summed E-state index contributed by atoms with van der Waals surface area (Å²) in [6.45, 7) is 9.85. The van der Waals surface area contributed by atoms with Gasteiger partial charge in [-0.25, -0.2) is 4.98 Å². The van der Waals surface area contributed by atoms with Gasteiger partial charge in [-0.2, -0.15) is 0 Å². The highest BCUT2D eigenvalue weighted by atomic mass is 16.3. The monoisotopic (exact) mass is 461 g/mol. The van der Waals surface area contributed by atoms with Gasteiger partial charge in [0.1, 0.15) is 5.82 Å². The normalized spacial score (nSPS) is 12.4. The Balaban J connectivity index is 2.01. The molecule has 0 saturated carbocycles. The van der Waals surface area contributed by atoms with Crippen molar-refractivity contribution in [3.63, 3.8) is 0 Å². The summed E-state index contributed by atoms with van der Waals surface area (Å²) in [5, 5.41) is 9.65. The largest absolute Gasteiger partial charge is 0.392 e. The SMILES string of the molecule is CCCCC(c1cnc(-c2ccccc2)n1CCCC)N(CCCC)Cc1cccc(CO)c1. The molecule has 184 valence electrons. The Morgan fingerprint density at radius 3 is 2.32 bits per heavy atom. The number of hydrogen-bond acceptors (Lipinski definition) is 3. The minimum atomic E-state index is 0.0896. The maximum Gasteiger partial charge on any atom is 0.140 e. The van der Waals surface area contributed by atoms with Gasteiger partial charge in [0.2, 0.25) is 0 Å². The van der Waals surface area contributed by atoms with E-state index in [-0.39, 0.29) is 6.61 Å². The third-order valence-electron chi connectivity index (χ3n) is 6.63. The maximum absolute atomic E-state index is 9.65. The zero-order valence-corrected chi connectivity index (χ0v) is 21.4. The smallest absolute Gasteiger partial charge is 0.140 e. The average molecular weight is 462 g/mol. The molecule has 1 atom stereocenters. The van der Waals surface area contributed by atoms with E-state index >= 15 is 0 Å². The standard InChI is InChI=1S/C30H43N3O/c1-4-7-18-28(32(19-8-5-2)23-25-14-13-15-26(21-25)24-34)29-22-31-30(33(29)20-9-6-3)27-16-11-10-12-17-27/h10-17,21-22,28,34H,4-9,18-20,23-24H2,1-3H3. The molecule has 0 radical (unpaired) electrons. The number of rotatable bonds is 15. The van der Waals surface area contributed by atoms with Crippen molar-refractivity contribution < 1.29 is 5.11 Å². The molecule has 0 aliphatic rings. The van der Waals surface area contributed by atoms with Crippen LogP contribution in [0.4, 0.5) is 0 Å². The van der Waals surface area contributed by atoms with Crippen LogP contribution in [0.1, 0.15) is 88.6 Å². The minimum Gasteiger partial charge on any atom is -0.392 e. The summed E-state index contributed by atoms with van der Waals surface area (Å²) in [5.41, 5.74) is 4.79. The molecule has 0 aliphatic carbocycles. The van der Waals surface area contributed by atoms with E-state index in [9.17, 15) is 5.11 Å². The predicted molar refractivity (Wildman–Crippen MR) is 143 cm³/mol. The second-order valence-electron chi connectivity index (χ2n) is 9.34. The number of hydrogen-bond donors (Lipinski definition) is 1. The van der Waals surface area contributed by atoms with Gasteiger partial charge in [0.25, 0.3) is 0 Å². The Kier molecular flexibility index (Phi) is 10.8. The van der Waals surface area contributed by atoms with E-state index < -0.39 is 0 Å². The van der Waals surface area contributed by atoms with Gasteiger partial charge in [-0.1, -0.05) is 101 Å². The average Bonchev–Trinajstić information content (AvgIpc) is 3.30. The van der Waals surface area contributed by atoms with E-state index in [2.05, 4.69) is 85.0 Å². The molecule has 0 fully saturated rings. The number of nitrogens with zero attached hydrogens (tertiary/aromatic N) is 3. The highest BCUT2D eigenvalue weighted by Crippen LogP contribution is 2.32. The number of aliphatic hydroxyl groups is 1. The van der Waals surface area contributed by atoms with Crippen LogP contribution in [0.25, 0.3) is 11.4 Å². The summed E-state index contributed by atoms with van der Waals surface area (Å²) in [7, 11) is 0. The van der Waals surface area contributed by atoms with Gasteiger partial charge in [-0.05, 0) is 36.9 Å². The Morgan fingerprint density at radius 2 is 1.62 bits per heavy atom. The molecule has 1 heterocycles. The molecule has 1 N–H and O–H groups in total. The maximum atomic E-state index is 9.65. The van der Waals surface area contributed by atoms with Gasteiger partial charge in [0.05, 0.1) is 24.5 Å². The van der Waals surface area contributed by atoms with Crippen molar-refractivity contribution in [1.82, 2.24) is 14.5 Å². The molecule has 0 bridgehead atoms. The Hall–Kier alpha value is -2.43. The predicted octanol–water partition coefficient (Wildman–Crippen LogP) is 7.38. The lowest BCUT2D eigenvalue weighted by Gasteiger charge is -2.33. The topological polar surface area (TPSA) is 41.3 Å². The summed E-state index contributed by atoms with van der Waals surface area (Å²) in [4.78, 5) is 7.63. The van der Waals surface area contributed by atoms with Crippen LogP contribution in [0.3, 0.4) is 0 Å². The van der Waals surface area contributed by atoms with E-state index in [4.69, 9.17) is 4.98 Å². The fourth-order valence-corrected chi connectivity index (χ4v) is 4.71. The van der Waals surface area contributed by atoms with Crippen LogP contribution in [-0.4, -0.2) is 26.1 Å². The van der Waals surface area contributed by atoms with Gasteiger partial charge in [-0.15, -0.1) is 0 Å². The van der Waals surface area contributed by atoms with Gasteiger partial charge in [0, 0.05) is 18.7 Å². The van der Waals surface area contributed by atoms with Crippen molar-refractivity contribution in [2.75, 3.05) is 6.54 Å². The number of imidazole rings is 1. The first kappa shape index (κ1) is 26.2. The zero-order valence-electron chi connectivity index (χ0n) is 21.4. The Bertz CT molecular complexity index is 966. The van der Waals surface area contributed by atoms with Gasteiger partial charge in [-0.3, -0.25) is 4.90 Å². The van der Waals surface area contributed by atoms with Crippen LogP contribution >= 0.6 is 0 Å². The minimum absolute atomic E-state index is 0.0896. The van der Waals surface area contributed by atoms with Crippen LogP contribution in [0, 0.1) is 0 Å². The van der Waals surface area contributed by atoms with Gasteiger partial charge in [0.15, 0.2) is 0 Å². The molecule has 1 aromatic heterocycles. The van der Waals surface area contributed by atoms with Crippen LogP contribution in [0.5, 0.6) is 0 Å². The molecule has 1 unspecified atom stereocenters. The number of aliphatic hydroxyl groups excluding tert-OH is 1. The fraction of sp³-hybridized carbons (Fsp3) is 0.500. The van der Waals surface area contributed by atoms with Gasteiger partial charge < -0.3 is 9.67 Å². The second-order valence-corrected chi connectivity index (χ2v) is 9.34. The molecule has 0 amide bonds. The van der Waals surface area contributed by atoms with E-state index in [1.807, 2.05) is 6.07 Å². The lowest BCUT2D eigenvalue weighted by atomic mass is 10.0. The van der Waals surface area contributed by atoms with E-state index in [0.717, 1.165) is 43.9 Å². The molecular formula is C30H43N3O. The number of unbranched alkanes of at least 4 members (excludes halogenated alkanes) is 3. The lowest BCUT2D eigenvalue weighted by Crippen LogP contribution is -2.31. The molecule has 4 nitrogen and oxygen atoms in total. The van der Waals surface area contributed by atoms with Crippen molar-refractivity contribution in [3.05, 3.63) is 77.6 Å². The van der Waals surface area contributed by atoms with Crippen molar-refractivity contribution in [2.45, 2.75) is 91.5 Å².